The zero-order chi connectivity index (χ0) is 27.4. The topological polar surface area (TPSA) is 176 Å². The molecule has 0 fully saturated rings. The van der Waals surface area contributed by atoms with Crippen molar-refractivity contribution >= 4 is 11.6 Å². The van der Waals surface area contributed by atoms with Crippen LogP contribution in [0.5, 0.6) is 34.5 Å². The number of fused-ring (bicyclic) bond motifs is 2. The minimum atomic E-state index is -0.888. The molecule has 7 N–H and O–H groups in total. The number of phenolic OH excluding ortho intramolecular Hbond substituents is 6. The predicted molar refractivity (Wildman–Crippen MR) is 135 cm³/mol. The van der Waals surface area contributed by atoms with Gasteiger partial charge in [-0.25, -0.2) is 0 Å². The Morgan fingerprint density at radius 2 is 0.872 bits per heavy atom. The molecule has 4 aromatic rings. The van der Waals surface area contributed by atoms with E-state index in [1.54, 1.807) is 6.92 Å². The SMILES string of the molecule is Cc1cc(O)c2c3c1-c1c(CO)cc(O)c4c1C1c5c(c(O)cc(O)c5-c5c(O)cc(O)c(c5C31)C2=O)C4=O. The second-order valence-corrected chi connectivity index (χ2v) is 10.5. The Balaban J connectivity index is 1.73. The summed E-state index contributed by atoms with van der Waals surface area (Å²) in [5.74, 6) is -5.80. The molecule has 4 aliphatic carbocycles. The monoisotopic (exact) mass is 522 g/mol. The van der Waals surface area contributed by atoms with E-state index in [1.807, 2.05) is 0 Å². The van der Waals surface area contributed by atoms with E-state index in [1.165, 1.54) is 12.1 Å². The third-order valence-electron chi connectivity index (χ3n) is 8.77. The summed E-state index contributed by atoms with van der Waals surface area (Å²) in [4.78, 5) is 27.9. The largest absolute Gasteiger partial charge is 0.507 e. The highest BCUT2D eigenvalue weighted by Crippen LogP contribution is 2.69. The van der Waals surface area contributed by atoms with Gasteiger partial charge in [-0.1, -0.05) is 0 Å². The van der Waals surface area contributed by atoms with Gasteiger partial charge in [0.15, 0.2) is 0 Å². The van der Waals surface area contributed by atoms with Gasteiger partial charge in [-0.05, 0) is 63.6 Å². The third-order valence-corrected chi connectivity index (χ3v) is 8.77. The number of ketones is 2. The van der Waals surface area contributed by atoms with Crippen LogP contribution in [0, 0.1) is 6.92 Å². The molecule has 0 aromatic heterocycles. The van der Waals surface area contributed by atoms with Crippen LogP contribution in [0.4, 0.5) is 0 Å². The second kappa shape index (κ2) is 6.51. The van der Waals surface area contributed by atoms with Crippen molar-refractivity contribution in [3.8, 4) is 56.8 Å². The van der Waals surface area contributed by atoms with E-state index in [-0.39, 0.29) is 55.8 Å². The molecule has 0 spiro atoms. The molecule has 4 aromatic carbocycles. The molecule has 9 nitrogen and oxygen atoms in total. The first-order chi connectivity index (χ1) is 18.6. The number of carbonyl (C=O) groups excluding carboxylic acids is 2. The Morgan fingerprint density at radius 1 is 0.513 bits per heavy atom. The number of hydrogen-bond acceptors (Lipinski definition) is 9. The van der Waals surface area contributed by atoms with Gasteiger partial charge in [0, 0.05) is 35.1 Å². The highest BCUT2D eigenvalue weighted by molar-refractivity contribution is 6.23. The van der Waals surface area contributed by atoms with Crippen LogP contribution >= 0.6 is 0 Å². The van der Waals surface area contributed by atoms with Crippen molar-refractivity contribution in [2.24, 2.45) is 0 Å². The van der Waals surface area contributed by atoms with Gasteiger partial charge >= 0.3 is 0 Å². The fourth-order valence-corrected chi connectivity index (χ4v) is 7.60. The summed E-state index contributed by atoms with van der Waals surface area (Å²) in [6.07, 6.45) is 0. The molecular formula is C30H18O9. The van der Waals surface area contributed by atoms with Gasteiger partial charge in [-0.3, -0.25) is 9.59 Å². The molecule has 0 aliphatic heterocycles. The lowest BCUT2D eigenvalue weighted by Gasteiger charge is -2.48. The van der Waals surface area contributed by atoms with Crippen LogP contribution in [-0.4, -0.2) is 47.3 Å². The fraction of sp³-hybridized carbons (Fsp3) is 0.133. The lowest BCUT2D eigenvalue weighted by atomic mass is 9.53. The van der Waals surface area contributed by atoms with Gasteiger partial charge in [-0.2, -0.15) is 0 Å². The van der Waals surface area contributed by atoms with Crippen molar-refractivity contribution in [1.29, 1.82) is 0 Å². The normalized spacial score (nSPS) is 18.3. The number of phenols is 6. The number of rotatable bonds is 1. The molecule has 192 valence electrons. The number of carbonyl (C=O) groups is 2. The van der Waals surface area contributed by atoms with Crippen molar-refractivity contribution in [1.82, 2.24) is 0 Å². The Bertz CT molecular complexity index is 1970. The van der Waals surface area contributed by atoms with Crippen LogP contribution in [-0.2, 0) is 6.61 Å². The molecule has 4 aliphatic rings. The summed E-state index contributed by atoms with van der Waals surface area (Å²) in [5.41, 5.74) is 2.43. The Kier molecular flexibility index (Phi) is 3.67. The van der Waals surface area contributed by atoms with E-state index in [9.17, 15) is 45.3 Å². The highest BCUT2D eigenvalue weighted by Gasteiger charge is 2.55. The van der Waals surface area contributed by atoms with Gasteiger partial charge in [0.1, 0.15) is 34.5 Å². The van der Waals surface area contributed by atoms with Crippen molar-refractivity contribution in [3.63, 3.8) is 0 Å². The molecule has 0 saturated carbocycles. The van der Waals surface area contributed by atoms with Crippen LogP contribution in [0.25, 0.3) is 22.3 Å². The van der Waals surface area contributed by atoms with Crippen molar-refractivity contribution < 1.29 is 45.3 Å². The Morgan fingerprint density at radius 3 is 1.33 bits per heavy atom. The maximum absolute atomic E-state index is 14.0. The van der Waals surface area contributed by atoms with Gasteiger partial charge < -0.3 is 35.7 Å². The number of aromatic hydroxyl groups is 6. The standard InChI is InChI=1S/C30H18O9/c1-7-2-9(32)19-23-15(7)16-8(6-31)3-10(33)20-24(16)28-26-18(12(35)5-14(37)22(26)30(20)39)17-11(34)4-13(36)21(29(19)38)25(17)27(23)28/h2-5,27-28,31-37H,6H2,1H3. The van der Waals surface area contributed by atoms with E-state index in [0.29, 0.717) is 27.8 Å². The van der Waals surface area contributed by atoms with Crippen LogP contribution in [0.1, 0.15) is 77.1 Å². The quantitative estimate of drug-likeness (QED) is 0.173. The average Bonchev–Trinajstić information content (AvgIpc) is 2.86. The van der Waals surface area contributed by atoms with E-state index in [2.05, 4.69) is 0 Å². The van der Waals surface area contributed by atoms with Gasteiger partial charge in [0.05, 0.1) is 28.9 Å². The number of aliphatic hydroxyl groups is 1. The fourth-order valence-electron chi connectivity index (χ4n) is 7.60. The van der Waals surface area contributed by atoms with E-state index < -0.39 is 58.8 Å². The minimum Gasteiger partial charge on any atom is -0.507 e. The predicted octanol–water partition coefficient (Wildman–Crippen LogP) is 3.73. The molecule has 8 rings (SSSR count). The molecule has 0 radical (unpaired) electrons. The summed E-state index contributed by atoms with van der Waals surface area (Å²) in [5, 5.41) is 76.5. The summed E-state index contributed by atoms with van der Waals surface area (Å²) < 4.78 is 0. The van der Waals surface area contributed by atoms with Crippen molar-refractivity contribution in [2.45, 2.75) is 25.4 Å². The maximum atomic E-state index is 14.0. The molecule has 2 unspecified atom stereocenters. The van der Waals surface area contributed by atoms with Gasteiger partial charge in [0.25, 0.3) is 0 Å². The first-order valence-electron chi connectivity index (χ1n) is 12.2. The lowest BCUT2D eigenvalue weighted by molar-refractivity contribution is 0.101. The summed E-state index contributed by atoms with van der Waals surface area (Å²) in [6.45, 7) is 1.20. The number of aryl methyl sites for hydroxylation is 1. The molecule has 39 heavy (non-hydrogen) atoms. The first kappa shape index (κ1) is 22.0. The molecule has 0 heterocycles. The Labute approximate surface area is 219 Å². The van der Waals surface area contributed by atoms with Crippen LogP contribution < -0.4 is 0 Å². The summed E-state index contributed by atoms with van der Waals surface area (Å²) in [6, 6.07) is 4.63. The first-order valence-corrected chi connectivity index (χ1v) is 12.2. The number of aliphatic hydroxyl groups excluding tert-OH is 1. The average molecular weight is 522 g/mol. The summed E-state index contributed by atoms with van der Waals surface area (Å²) >= 11 is 0. The number of hydrogen-bond donors (Lipinski definition) is 7. The zero-order valence-corrected chi connectivity index (χ0v) is 20.1. The minimum absolute atomic E-state index is 0.0215. The van der Waals surface area contributed by atoms with Crippen LogP contribution in [0.15, 0.2) is 24.3 Å². The Hall–Kier alpha value is -5.02. The third kappa shape index (κ3) is 2.16. The molecule has 9 heteroatoms. The smallest absolute Gasteiger partial charge is 0.201 e. The van der Waals surface area contributed by atoms with Crippen LogP contribution in [0.2, 0.25) is 0 Å². The summed E-state index contributed by atoms with van der Waals surface area (Å²) in [7, 11) is 0. The number of benzene rings is 4. The van der Waals surface area contributed by atoms with E-state index >= 15 is 0 Å². The molecular weight excluding hydrogens is 504 g/mol. The molecule has 0 bridgehead atoms. The molecule has 0 saturated heterocycles. The zero-order valence-electron chi connectivity index (χ0n) is 20.1. The second-order valence-electron chi connectivity index (χ2n) is 10.5. The highest BCUT2D eigenvalue weighted by atomic mass is 16.3. The molecule has 2 atom stereocenters. The van der Waals surface area contributed by atoms with E-state index in [0.717, 1.165) is 12.1 Å². The van der Waals surface area contributed by atoms with Gasteiger partial charge in [-0.15, -0.1) is 0 Å². The lowest BCUT2D eigenvalue weighted by Crippen LogP contribution is -2.36. The van der Waals surface area contributed by atoms with Crippen molar-refractivity contribution in [3.05, 3.63) is 79.9 Å². The van der Waals surface area contributed by atoms with Crippen molar-refractivity contribution in [2.75, 3.05) is 0 Å². The van der Waals surface area contributed by atoms with Gasteiger partial charge in [0.2, 0.25) is 11.6 Å². The molecule has 0 amide bonds. The van der Waals surface area contributed by atoms with Crippen LogP contribution in [0.3, 0.4) is 0 Å². The van der Waals surface area contributed by atoms with E-state index in [4.69, 9.17) is 0 Å². The maximum Gasteiger partial charge on any atom is 0.201 e.